The molecule has 2 aromatic rings. The molecule has 0 fully saturated rings. The molecule has 1 aromatic carbocycles. The fourth-order valence-corrected chi connectivity index (χ4v) is 1.43. The number of nitrogens with two attached hydrogens (primary N) is 1. The molecule has 2 rings (SSSR count). The van der Waals surface area contributed by atoms with Crippen molar-refractivity contribution in [3.63, 3.8) is 0 Å². The number of aromatic nitrogens is 1. The first kappa shape index (κ1) is 11.2. The minimum absolute atomic E-state index is 0.0125. The molecule has 0 aliphatic carbocycles. The Bertz CT molecular complexity index is 517. The summed E-state index contributed by atoms with van der Waals surface area (Å²) in [6, 6.07) is 8.53. The van der Waals surface area contributed by atoms with Crippen LogP contribution in [0.2, 0.25) is 0 Å². The number of amides is 1. The Morgan fingerprint density at radius 3 is 2.59 bits per heavy atom. The maximum absolute atomic E-state index is 11.7. The maximum Gasteiger partial charge on any atom is 0.272 e. The molecular formula is C12H13N3O2. The number of nitrogen functional groups attached to an aromatic ring is 1. The van der Waals surface area contributed by atoms with Crippen molar-refractivity contribution < 1.29 is 9.90 Å². The highest BCUT2D eigenvalue weighted by Gasteiger charge is 2.07. The van der Waals surface area contributed by atoms with Gasteiger partial charge in [-0.15, -0.1) is 0 Å². The van der Waals surface area contributed by atoms with Gasteiger partial charge in [0.25, 0.3) is 5.91 Å². The molecule has 0 aliphatic heterocycles. The van der Waals surface area contributed by atoms with Crippen molar-refractivity contribution in [3.05, 3.63) is 47.8 Å². The second-order valence-corrected chi connectivity index (χ2v) is 3.66. The van der Waals surface area contributed by atoms with Crippen LogP contribution in [-0.4, -0.2) is 16.0 Å². The lowest BCUT2D eigenvalue weighted by Crippen LogP contribution is -2.12. The Balaban J connectivity index is 2.07. The third-order valence-corrected chi connectivity index (χ3v) is 2.34. The van der Waals surface area contributed by atoms with E-state index in [1.54, 1.807) is 36.5 Å². The van der Waals surface area contributed by atoms with Gasteiger partial charge in [0, 0.05) is 17.6 Å². The van der Waals surface area contributed by atoms with Gasteiger partial charge in [-0.2, -0.15) is 0 Å². The van der Waals surface area contributed by atoms with Gasteiger partial charge in [-0.1, -0.05) is 12.1 Å². The molecular weight excluding hydrogens is 218 g/mol. The molecule has 17 heavy (non-hydrogen) atoms. The number of carbonyl (C=O) groups excluding carboxylic acids is 1. The van der Waals surface area contributed by atoms with Crippen LogP contribution in [0.4, 0.5) is 11.4 Å². The Morgan fingerprint density at radius 2 is 2.06 bits per heavy atom. The fraction of sp³-hybridized carbons (Fsp3) is 0.0833. The molecule has 5 N–H and O–H groups in total. The van der Waals surface area contributed by atoms with Gasteiger partial charge in [-0.3, -0.25) is 4.79 Å². The summed E-state index contributed by atoms with van der Waals surface area (Å²) in [6.07, 6.45) is 1.56. The Kier molecular flexibility index (Phi) is 3.11. The minimum Gasteiger partial charge on any atom is -0.397 e. The molecule has 0 unspecified atom stereocenters. The number of hydrogen-bond donors (Lipinski definition) is 4. The number of H-pyrrole nitrogens is 1. The van der Waals surface area contributed by atoms with Crippen LogP contribution in [0, 0.1) is 0 Å². The normalized spacial score (nSPS) is 10.2. The number of nitrogens with one attached hydrogen (secondary N) is 2. The van der Waals surface area contributed by atoms with Gasteiger partial charge in [0.05, 0.1) is 6.61 Å². The third kappa shape index (κ3) is 2.64. The van der Waals surface area contributed by atoms with Gasteiger partial charge in [0.2, 0.25) is 0 Å². The topological polar surface area (TPSA) is 91.1 Å². The highest BCUT2D eigenvalue weighted by molar-refractivity contribution is 6.03. The first-order chi connectivity index (χ1) is 8.19. The van der Waals surface area contributed by atoms with E-state index >= 15 is 0 Å². The largest absolute Gasteiger partial charge is 0.397 e. The number of hydrogen-bond acceptors (Lipinski definition) is 3. The summed E-state index contributed by atoms with van der Waals surface area (Å²) in [5.41, 5.74) is 7.90. The van der Waals surface area contributed by atoms with Crippen LogP contribution in [0.3, 0.4) is 0 Å². The van der Waals surface area contributed by atoms with Gasteiger partial charge in [0.1, 0.15) is 5.69 Å². The summed E-state index contributed by atoms with van der Waals surface area (Å²) in [6.45, 7) is -0.0125. The summed E-state index contributed by atoms with van der Waals surface area (Å²) >= 11 is 0. The highest BCUT2D eigenvalue weighted by Crippen LogP contribution is 2.12. The van der Waals surface area contributed by atoms with Gasteiger partial charge in [-0.05, 0) is 23.8 Å². The lowest BCUT2D eigenvalue weighted by atomic mass is 10.2. The lowest BCUT2D eigenvalue weighted by Gasteiger charge is -2.04. The van der Waals surface area contributed by atoms with E-state index in [2.05, 4.69) is 10.3 Å². The Labute approximate surface area is 98.3 Å². The summed E-state index contributed by atoms with van der Waals surface area (Å²) in [7, 11) is 0. The van der Waals surface area contributed by atoms with E-state index < -0.39 is 0 Å². The fourth-order valence-electron chi connectivity index (χ4n) is 1.43. The molecule has 0 spiro atoms. The molecule has 88 valence electrons. The summed E-state index contributed by atoms with van der Waals surface area (Å²) in [5.74, 6) is -0.251. The lowest BCUT2D eigenvalue weighted by molar-refractivity contribution is 0.102. The van der Waals surface area contributed by atoms with Gasteiger partial charge >= 0.3 is 0 Å². The van der Waals surface area contributed by atoms with Crippen molar-refractivity contribution in [3.8, 4) is 0 Å². The van der Waals surface area contributed by atoms with E-state index in [9.17, 15) is 4.79 Å². The Morgan fingerprint density at radius 1 is 1.35 bits per heavy atom. The average Bonchev–Trinajstić information content (AvgIpc) is 2.77. The van der Waals surface area contributed by atoms with Crippen molar-refractivity contribution in [1.82, 2.24) is 4.98 Å². The standard InChI is InChI=1S/C12H13N3O2/c13-9-5-11(14-6-9)12(17)15-10-3-1-8(7-16)2-4-10/h1-6,14,16H,7,13H2,(H,15,17). The van der Waals surface area contributed by atoms with E-state index in [1.807, 2.05) is 0 Å². The number of aromatic amines is 1. The first-order valence-corrected chi connectivity index (χ1v) is 5.14. The summed E-state index contributed by atoms with van der Waals surface area (Å²) in [4.78, 5) is 14.5. The second-order valence-electron chi connectivity index (χ2n) is 3.66. The zero-order chi connectivity index (χ0) is 12.3. The average molecular weight is 231 g/mol. The highest BCUT2D eigenvalue weighted by atomic mass is 16.3. The van der Waals surface area contributed by atoms with E-state index in [0.717, 1.165) is 5.56 Å². The van der Waals surface area contributed by atoms with E-state index in [0.29, 0.717) is 17.1 Å². The number of anilines is 2. The second kappa shape index (κ2) is 4.71. The van der Waals surface area contributed by atoms with Crippen LogP contribution < -0.4 is 11.1 Å². The minimum atomic E-state index is -0.251. The van der Waals surface area contributed by atoms with E-state index in [-0.39, 0.29) is 12.5 Å². The predicted molar refractivity (Wildman–Crippen MR) is 65.5 cm³/mol. The van der Waals surface area contributed by atoms with E-state index in [1.165, 1.54) is 0 Å². The van der Waals surface area contributed by atoms with Crippen LogP contribution in [0.1, 0.15) is 16.1 Å². The van der Waals surface area contributed by atoms with Crippen LogP contribution in [0.25, 0.3) is 0 Å². The molecule has 5 nitrogen and oxygen atoms in total. The van der Waals surface area contributed by atoms with Gasteiger partial charge in [-0.25, -0.2) is 0 Å². The molecule has 0 saturated carbocycles. The van der Waals surface area contributed by atoms with Crippen LogP contribution in [0.15, 0.2) is 36.5 Å². The van der Waals surface area contributed by atoms with Crippen LogP contribution in [0.5, 0.6) is 0 Å². The molecule has 0 aliphatic rings. The summed E-state index contributed by atoms with van der Waals surface area (Å²) in [5, 5.41) is 11.6. The number of aliphatic hydroxyl groups is 1. The van der Waals surface area contributed by atoms with Crippen molar-refractivity contribution in [1.29, 1.82) is 0 Å². The zero-order valence-corrected chi connectivity index (χ0v) is 9.10. The quantitative estimate of drug-likeness (QED) is 0.642. The van der Waals surface area contributed by atoms with Crippen molar-refractivity contribution in [2.45, 2.75) is 6.61 Å². The van der Waals surface area contributed by atoms with Crippen molar-refractivity contribution in [2.75, 3.05) is 11.1 Å². The molecule has 0 atom stereocenters. The van der Waals surface area contributed by atoms with Gasteiger partial charge < -0.3 is 21.1 Å². The smallest absolute Gasteiger partial charge is 0.272 e. The zero-order valence-electron chi connectivity index (χ0n) is 9.10. The molecule has 5 heteroatoms. The molecule has 0 saturated heterocycles. The van der Waals surface area contributed by atoms with Crippen molar-refractivity contribution in [2.24, 2.45) is 0 Å². The van der Waals surface area contributed by atoms with Crippen molar-refractivity contribution >= 4 is 17.3 Å². The summed E-state index contributed by atoms with van der Waals surface area (Å²) < 4.78 is 0. The predicted octanol–water partition coefficient (Wildman–Crippen LogP) is 1.34. The molecule has 1 aromatic heterocycles. The van der Waals surface area contributed by atoms with Crippen LogP contribution >= 0.6 is 0 Å². The van der Waals surface area contributed by atoms with Gasteiger partial charge in [0.15, 0.2) is 0 Å². The number of rotatable bonds is 3. The van der Waals surface area contributed by atoms with Crippen LogP contribution in [-0.2, 0) is 6.61 Å². The Hall–Kier alpha value is -2.27. The first-order valence-electron chi connectivity index (χ1n) is 5.14. The molecule has 0 bridgehead atoms. The number of aliphatic hydroxyl groups excluding tert-OH is 1. The SMILES string of the molecule is Nc1c[nH]c(C(=O)Nc2ccc(CO)cc2)c1. The maximum atomic E-state index is 11.7. The number of carbonyl (C=O) groups is 1. The van der Waals surface area contributed by atoms with E-state index in [4.69, 9.17) is 10.8 Å². The molecule has 0 radical (unpaired) electrons. The third-order valence-electron chi connectivity index (χ3n) is 2.34. The monoisotopic (exact) mass is 231 g/mol. The molecule has 1 heterocycles. The molecule has 1 amide bonds. The number of benzene rings is 1.